The van der Waals surface area contributed by atoms with Crippen molar-refractivity contribution < 1.29 is 18.0 Å². The van der Waals surface area contributed by atoms with Crippen LogP contribution in [-0.2, 0) is 12.7 Å². The maximum absolute atomic E-state index is 13.0. The van der Waals surface area contributed by atoms with Crippen molar-refractivity contribution in [2.45, 2.75) is 12.7 Å². The van der Waals surface area contributed by atoms with E-state index in [4.69, 9.17) is 0 Å². The van der Waals surface area contributed by atoms with Crippen molar-refractivity contribution in [2.75, 3.05) is 0 Å². The van der Waals surface area contributed by atoms with Crippen LogP contribution in [0.3, 0.4) is 0 Å². The van der Waals surface area contributed by atoms with Crippen LogP contribution in [0.15, 0.2) is 53.0 Å². The first-order valence-electron chi connectivity index (χ1n) is 6.07. The van der Waals surface area contributed by atoms with Crippen LogP contribution in [0.1, 0.15) is 21.5 Å². The van der Waals surface area contributed by atoms with E-state index in [1.165, 1.54) is 6.07 Å². The van der Waals surface area contributed by atoms with E-state index < -0.39 is 17.6 Å². The molecule has 1 N–H and O–H groups in total. The number of hydrogen-bond donors (Lipinski definition) is 1. The molecule has 0 aromatic heterocycles. The van der Waals surface area contributed by atoms with E-state index in [1.807, 2.05) is 6.07 Å². The molecule has 0 unspecified atom stereocenters. The Bertz CT molecular complexity index is 641. The van der Waals surface area contributed by atoms with Gasteiger partial charge < -0.3 is 5.32 Å². The third-order valence-electron chi connectivity index (χ3n) is 2.83. The molecule has 1 amide bonds. The molecule has 2 rings (SSSR count). The summed E-state index contributed by atoms with van der Waals surface area (Å²) in [4.78, 5) is 12.0. The first kappa shape index (κ1) is 15.6. The van der Waals surface area contributed by atoms with Gasteiger partial charge in [-0.05, 0) is 23.8 Å². The van der Waals surface area contributed by atoms with Crippen molar-refractivity contribution >= 4 is 21.8 Å². The Morgan fingerprint density at radius 3 is 2.38 bits per heavy atom. The number of nitrogens with one attached hydrogen (secondary N) is 1. The lowest BCUT2D eigenvalue weighted by atomic mass is 10.1. The van der Waals surface area contributed by atoms with Crippen LogP contribution in [0.2, 0.25) is 0 Å². The van der Waals surface area contributed by atoms with Gasteiger partial charge in [0.1, 0.15) is 0 Å². The van der Waals surface area contributed by atoms with Gasteiger partial charge in [-0.1, -0.05) is 46.3 Å². The van der Waals surface area contributed by atoms with Crippen LogP contribution in [-0.4, -0.2) is 5.91 Å². The molecule has 0 bridgehead atoms. The highest BCUT2D eigenvalue weighted by Crippen LogP contribution is 2.33. The van der Waals surface area contributed by atoms with E-state index in [0.717, 1.165) is 17.7 Å². The summed E-state index contributed by atoms with van der Waals surface area (Å²) in [5.41, 5.74) is -0.527. The molecule has 110 valence electrons. The smallest absolute Gasteiger partial charge is 0.348 e. The zero-order valence-electron chi connectivity index (χ0n) is 10.7. The molecule has 0 saturated heterocycles. The molecular formula is C15H11BrF3NO. The fourth-order valence-electron chi connectivity index (χ4n) is 1.82. The summed E-state index contributed by atoms with van der Waals surface area (Å²) in [7, 11) is 0. The summed E-state index contributed by atoms with van der Waals surface area (Å²) in [6.07, 6.45) is -4.58. The van der Waals surface area contributed by atoms with E-state index in [-0.39, 0.29) is 16.6 Å². The van der Waals surface area contributed by atoms with Gasteiger partial charge in [0.05, 0.1) is 11.1 Å². The Balaban J connectivity index is 2.20. The molecular weight excluding hydrogens is 347 g/mol. The first-order valence-corrected chi connectivity index (χ1v) is 6.86. The summed E-state index contributed by atoms with van der Waals surface area (Å²) in [5.74, 6) is -0.751. The summed E-state index contributed by atoms with van der Waals surface area (Å²) in [5, 5.41) is 2.49. The highest BCUT2D eigenvalue weighted by molar-refractivity contribution is 9.10. The van der Waals surface area contributed by atoms with Gasteiger partial charge in [-0.25, -0.2) is 0 Å². The van der Waals surface area contributed by atoms with Gasteiger partial charge in [0.25, 0.3) is 5.91 Å². The van der Waals surface area contributed by atoms with Crippen molar-refractivity contribution in [2.24, 2.45) is 0 Å². The zero-order valence-corrected chi connectivity index (χ0v) is 12.3. The van der Waals surface area contributed by atoms with Gasteiger partial charge in [-0.2, -0.15) is 13.2 Å². The van der Waals surface area contributed by atoms with E-state index >= 15 is 0 Å². The quantitative estimate of drug-likeness (QED) is 0.866. The number of hydrogen-bond acceptors (Lipinski definition) is 1. The number of benzene rings is 2. The Hall–Kier alpha value is -1.82. The van der Waals surface area contributed by atoms with Gasteiger partial charge in [0.15, 0.2) is 0 Å². The molecule has 0 radical (unpaired) electrons. The Morgan fingerprint density at radius 2 is 1.76 bits per heavy atom. The van der Waals surface area contributed by atoms with Crippen molar-refractivity contribution in [1.82, 2.24) is 5.32 Å². The Morgan fingerprint density at radius 1 is 1.10 bits per heavy atom. The topological polar surface area (TPSA) is 29.1 Å². The van der Waals surface area contributed by atoms with Crippen LogP contribution in [0.4, 0.5) is 13.2 Å². The molecule has 2 aromatic rings. The third-order valence-corrected chi connectivity index (χ3v) is 3.32. The predicted molar refractivity (Wildman–Crippen MR) is 76.8 cm³/mol. The lowest BCUT2D eigenvalue weighted by Crippen LogP contribution is -2.25. The van der Waals surface area contributed by atoms with Gasteiger partial charge in [0.2, 0.25) is 0 Å². The zero-order chi connectivity index (χ0) is 15.5. The van der Waals surface area contributed by atoms with Crippen molar-refractivity contribution in [3.8, 4) is 0 Å². The Kier molecular flexibility index (Phi) is 4.67. The molecule has 2 nitrogen and oxygen atoms in total. The molecule has 0 aliphatic carbocycles. The van der Waals surface area contributed by atoms with Gasteiger partial charge in [-0.15, -0.1) is 0 Å². The van der Waals surface area contributed by atoms with Crippen molar-refractivity contribution in [3.05, 3.63) is 69.7 Å². The normalized spacial score (nSPS) is 11.2. The maximum atomic E-state index is 13.0. The van der Waals surface area contributed by atoms with E-state index in [0.29, 0.717) is 0 Å². The second kappa shape index (κ2) is 6.30. The van der Waals surface area contributed by atoms with Crippen LogP contribution in [0.25, 0.3) is 0 Å². The number of rotatable bonds is 3. The molecule has 21 heavy (non-hydrogen) atoms. The summed E-state index contributed by atoms with van der Waals surface area (Å²) < 4.78 is 39.1. The molecule has 6 heteroatoms. The van der Waals surface area contributed by atoms with Crippen molar-refractivity contribution in [3.63, 3.8) is 0 Å². The number of halogens is 4. The van der Waals surface area contributed by atoms with Gasteiger partial charge in [-0.3, -0.25) is 4.79 Å². The summed E-state index contributed by atoms with van der Waals surface area (Å²) in [6, 6.07) is 12.4. The minimum Gasteiger partial charge on any atom is -0.348 e. The fourth-order valence-corrected chi connectivity index (χ4v) is 2.18. The number of carbonyl (C=O) groups is 1. The highest BCUT2D eigenvalue weighted by Gasteiger charge is 2.35. The molecule has 0 aliphatic rings. The SMILES string of the molecule is O=C(NCc1ccccc1)c1ccc(Br)cc1C(F)(F)F. The lowest BCUT2D eigenvalue weighted by Gasteiger charge is -2.13. The van der Waals surface area contributed by atoms with Crippen LogP contribution in [0.5, 0.6) is 0 Å². The predicted octanol–water partition coefficient (Wildman–Crippen LogP) is 4.40. The number of alkyl halides is 3. The average molecular weight is 358 g/mol. The van der Waals surface area contributed by atoms with Gasteiger partial charge in [0, 0.05) is 11.0 Å². The van der Waals surface area contributed by atoms with Crippen LogP contribution < -0.4 is 5.32 Å². The molecule has 2 aromatic carbocycles. The number of amides is 1. The second-order valence-electron chi connectivity index (χ2n) is 4.36. The van der Waals surface area contributed by atoms with Gasteiger partial charge >= 0.3 is 6.18 Å². The van der Waals surface area contributed by atoms with E-state index in [1.54, 1.807) is 24.3 Å². The lowest BCUT2D eigenvalue weighted by molar-refractivity contribution is -0.138. The average Bonchev–Trinajstić information content (AvgIpc) is 2.45. The molecule has 0 saturated carbocycles. The monoisotopic (exact) mass is 357 g/mol. The minimum atomic E-state index is -4.58. The molecule has 0 fully saturated rings. The third kappa shape index (κ3) is 4.07. The highest BCUT2D eigenvalue weighted by atomic mass is 79.9. The van der Waals surface area contributed by atoms with Crippen molar-refractivity contribution in [1.29, 1.82) is 0 Å². The molecule has 0 atom stereocenters. The maximum Gasteiger partial charge on any atom is 0.417 e. The summed E-state index contributed by atoms with van der Waals surface area (Å²) in [6.45, 7) is 0.174. The number of carbonyl (C=O) groups excluding carboxylic acids is 1. The van der Waals surface area contributed by atoms with Crippen LogP contribution >= 0.6 is 15.9 Å². The largest absolute Gasteiger partial charge is 0.417 e. The standard InChI is InChI=1S/C15H11BrF3NO/c16-11-6-7-12(13(8-11)15(17,18)19)14(21)20-9-10-4-2-1-3-5-10/h1-8H,9H2,(H,20,21). The molecule has 0 heterocycles. The van der Waals surface area contributed by atoms with Crippen LogP contribution in [0, 0.1) is 0 Å². The second-order valence-corrected chi connectivity index (χ2v) is 5.27. The summed E-state index contributed by atoms with van der Waals surface area (Å²) >= 11 is 2.98. The molecule has 0 spiro atoms. The van der Waals surface area contributed by atoms with E-state index in [2.05, 4.69) is 21.2 Å². The molecule has 0 aliphatic heterocycles. The first-order chi connectivity index (χ1) is 9.88. The van der Waals surface area contributed by atoms with E-state index in [9.17, 15) is 18.0 Å². The fraction of sp³-hybridized carbons (Fsp3) is 0.133. The minimum absolute atomic E-state index is 0.174. The Labute approximate surface area is 128 Å².